The van der Waals surface area contributed by atoms with Crippen LogP contribution in [0.25, 0.3) is 11.0 Å². The lowest BCUT2D eigenvalue weighted by atomic mass is 10.2. The summed E-state index contributed by atoms with van der Waals surface area (Å²) in [4.78, 5) is 18.8. The summed E-state index contributed by atoms with van der Waals surface area (Å²) in [5, 5.41) is 0.924. The Labute approximate surface area is 139 Å². The van der Waals surface area contributed by atoms with Crippen LogP contribution in [-0.2, 0) is 4.74 Å². The fraction of sp³-hybridized carbons (Fsp3) is 0.263. The summed E-state index contributed by atoms with van der Waals surface area (Å²) >= 11 is 0. The molecule has 0 saturated carbocycles. The lowest BCUT2D eigenvalue weighted by molar-refractivity contribution is 0.0896. The molecular formula is C19H18N2O3. The molecular weight excluding hydrogens is 304 g/mol. The van der Waals surface area contributed by atoms with Crippen LogP contribution in [0.5, 0.6) is 0 Å². The molecule has 0 aliphatic carbocycles. The zero-order valence-corrected chi connectivity index (χ0v) is 13.2. The minimum Gasteiger partial charge on any atom is -0.451 e. The number of anilines is 1. The summed E-state index contributed by atoms with van der Waals surface area (Å²) in [6.07, 6.45) is 5.43. The van der Waals surface area contributed by atoms with Crippen molar-refractivity contribution in [2.45, 2.75) is 18.9 Å². The fourth-order valence-electron chi connectivity index (χ4n) is 3.04. The number of fused-ring (bicyclic) bond motifs is 1. The van der Waals surface area contributed by atoms with Crippen LogP contribution >= 0.6 is 0 Å². The summed E-state index contributed by atoms with van der Waals surface area (Å²) < 4.78 is 11.5. The molecule has 1 amide bonds. The van der Waals surface area contributed by atoms with Gasteiger partial charge >= 0.3 is 0 Å². The van der Waals surface area contributed by atoms with Gasteiger partial charge in [-0.1, -0.05) is 18.2 Å². The smallest absolute Gasteiger partial charge is 0.294 e. The first-order valence-electron chi connectivity index (χ1n) is 8.13. The van der Waals surface area contributed by atoms with E-state index in [1.165, 1.54) is 0 Å². The number of ether oxygens (including phenoxy) is 1. The highest BCUT2D eigenvalue weighted by Gasteiger charge is 2.26. The van der Waals surface area contributed by atoms with Crippen molar-refractivity contribution in [2.24, 2.45) is 0 Å². The van der Waals surface area contributed by atoms with Gasteiger partial charge in [0.2, 0.25) is 0 Å². The number of carbonyl (C=O) groups excluding carboxylic acids is 1. The molecule has 1 unspecified atom stereocenters. The SMILES string of the molecule is O=C(c1cc2ccccc2o1)N(CC1CCCO1)c1ccncc1. The second-order valence-electron chi connectivity index (χ2n) is 5.90. The van der Waals surface area contributed by atoms with Crippen LogP contribution in [-0.4, -0.2) is 30.1 Å². The molecule has 4 rings (SSSR count). The third kappa shape index (κ3) is 2.90. The van der Waals surface area contributed by atoms with Crippen LogP contribution in [0.3, 0.4) is 0 Å². The number of hydrogen-bond acceptors (Lipinski definition) is 4. The van der Waals surface area contributed by atoms with Crippen LogP contribution in [0.1, 0.15) is 23.4 Å². The van der Waals surface area contributed by atoms with Gasteiger partial charge < -0.3 is 14.1 Å². The predicted octanol–water partition coefficient (Wildman–Crippen LogP) is 3.65. The van der Waals surface area contributed by atoms with E-state index in [0.717, 1.165) is 30.5 Å². The third-order valence-electron chi connectivity index (χ3n) is 4.27. The summed E-state index contributed by atoms with van der Waals surface area (Å²) in [7, 11) is 0. The third-order valence-corrected chi connectivity index (χ3v) is 4.27. The summed E-state index contributed by atoms with van der Waals surface area (Å²) in [6.45, 7) is 1.27. The van der Waals surface area contributed by atoms with Crippen LogP contribution < -0.4 is 4.90 Å². The Morgan fingerprint density at radius 3 is 2.79 bits per heavy atom. The van der Waals surface area contributed by atoms with Gasteiger partial charge in [-0.05, 0) is 37.1 Å². The number of furan rings is 1. The van der Waals surface area contributed by atoms with Crippen LogP contribution in [0.15, 0.2) is 59.3 Å². The van der Waals surface area contributed by atoms with Crippen molar-refractivity contribution in [3.63, 3.8) is 0 Å². The van der Waals surface area contributed by atoms with E-state index in [4.69, 9.17) is 9.15 Å². The molecule has 1 saturated heterocycles. The van der Waals surface area contributed by atoms with Gasteiger partial charge in [-0.15, -0.1) is 0 Å². The van der Waals surface area contributed by atoms with Crippen molar-refractivity contribution >= 4 is 22.6 Å². The standard InChI is InChI=1S/C19H18N2O3/c22-19(18-12-14-4-1-2-6-17(14)24-18)21(13-16-5-3-11-23-16)15-7-9-20-10-8-15/h1-2,4,6-10,12,16H,3,5,11,13H2. The minimum atomic E-state index is -0.159. The first-order valence-corrected chi connectivity index (χ1v) is 8.13. The molecule has 2 aromatic heterocycles. The second-order valence-corrected chi connectivity index (χ2v) is 5.90. The van der Waals surface area contributed by atoms with E-state index in [1.54, 1.807) is 23.4 Å². The molecule has 0 radical (unpaired) electrons. The van der Waals surface area contributed by atoms with Crippen LogP contribution in [0.4, 0.5) is 5.69 Å². The van der Waals surface area contributed by atoms with E-state index >= 15 is 0 Å². The topological polar surface area (TPSA) is 55.6 Å². The molecule has 0 spiro atoms. The number of para-hydroxylation sites is 1. The first-order chi connectivity index (χ1) is 11.8. The van der Waals surface area contributed by atoms with Crippen molar-refractivity contribution in [1.29, 1.82) is 0 Å². The van der Waals surface area contributed by atoms with Crippen molar-refractivity contribution in [2.75, 3.05) is 18.1 Å². The predicted molar refractivity (Wildman–Crippen MR) is 91.1 cm³/mol. The number of benzene rings is 1. The Bertz CT molecular complexity index is 805. The summed E-state index contributed by atoms with van der Waals surface area (Å²) in [5.41, 5.74) is 1.51. The number of amides is 1. The molecule has 0 bridgehead atoms. The van der Waals surface area contributed by atoms with E-state index in [2.05, 4.69) is 4.98 Å². The Hall–Kier alpha value is -2.66. The summed E-state index contributed by atoms with van der Waals surface area (Å²) in [5.74, 6) is 0.180. The average molecular weight is 322 g/mol. The molecule has 1 aliphatic heterocycles. The number of pyridine rings is 1. The zero-order chi connectivity index (χ0) is 16.4. The number of rotatable bonds is 4. The molecule has 24 heavy (non-hydrogen) atoms. The maximum atomic E-state index is 13.1. The second kappa shape index (κ2) is 6.45. The van der Waals surface area contributed by atoms with E-state index in [0.29, 0.717) is 17.9 Å². The molecule has 3 aromatic rings. The molecule has 1 atom stereocenters. The molecule has 1 aliphatic rings. The van der Waals surface area contributed by atoms with Gasteiger partial charge in [-0.3, -0.25) is 9.78 Å². The molecule has 5 heteroatoms. The van der Waals surface area contributed by atoms with Gasteiger partial charge in [0.05, 0.1) is 12.6 Å². The Balaban J connectivity index is 1.67. The van der Waals surface area contributed by atoms with Crippen LogP contribution in [0, 0.1) is 0 Å². The Morgan fingerprint density at radius 1 is 1.21 bits per heavy atom. The Morgan fingerprint density at radius 2 is 2.04 bits per heavy atom. The molecule has 0 N–H and O–H groups in total. The number of carbonyl (C=O) groups is 1. The van der Waals surface area contributed by atoms with Gasteiger partial charge in [-0.2, -0.15) is 0 Å². The highest BCUT2D eigenvalue weighted by Crippen LogP contribution is 2.24. The quantitative estimate of drug-likeness (QED) is 0.735. The molecule has 3 heterocycles. The zero-order valence-electron chi connectivity index (χ0n) is 13.2. The van der Waals surface area contributed by atoms with Crippen molar-refractivity contribution in [3.8, 4) is 0 Å². The number of nitrogens with zero attached hydrogens (tertiary/aromatic N) is 2. The maximum absolute atomic E-state index is 13.1. The van der Waals surface area contributed by atoms with E-state index in [1.807, 2.05) is 36.4 Å². The van der Waals surface area contributed by atoms with Crippen molar-refractivity contribution in [3.05, 3.63) is 60.6 Å². The molecule has 122 valence electrons. The van der Waals surface area contributed by atoms with E-state index in [-0.39, 0.29) is 12.0 Å². The number of aromatic nitrogens is 1. The molecule has 1 aromatic carbocycles. The lowest BCUT2D eigenvalue weighted by Gasteiger charge is -2.24. The minimum absolute atomic E-state index is 0.0616. The van der Waals surface area contributed by atoms with Gasteiger partial charge in [0.1, 0.15) is 5.58 Å². The van der Waals surface area contributed by atoms with Crippen molar-refractivity contribution < 1.29 is 13.9 Å². The maximum Gasteiger partial charge on any atom is 0.294 e. The van der Waals surface area contributed by atoms with E-state index < -0.39 is 0 Å². The van der Waals surface area contributed by atoms with Crippen molar-refractivity contribution in [1.82, 2.24) is 4.98 Å². The van der Waals surface area contributed by atoms with Gasteiger partial charge in [0.15, 0.2) is 5.76 Å². The molecule has 5 nitrogen and oxygen atoms in total. The lowest BCUT2D eigenvalue weighted by Crippen LogP contribution is -2.37. The number of hydrogen-bond donors (Lipinski definition) is 0. The van der Waals surface area contributed by atoms with E-state index in [9.17, 15) is 4.79 Å². The normalized spacial score (nSPS) is 17.2. The van der Waals surface area contributed by atoms with Gasteiger partial charge in [0, 0.05) is 30.1 Å². The first kappa shape index (κ1) is 14.9. The van der Waals surface area contributed by atoms with Gasteiger partial charge in [-0.25, -0.2) is 0 Å². The fourth-order valence-corrected chi connectivity index (χ4v) is 3.04. The Kier molecular flexibility index (Phi) is 4.01. The molecule has 1 fully saturated rings. The van der Waals surface area contributed by atoms with Gasteiger partial charge in [0.25, 0.3) is 5.91 Å². The highest BCUT2D eigenvalue weighted by molar-refractivity contribution is 6.06. The largest absolute Gasteiger partial charge is 0.451 e. The average Bonchev–Trinajstić information content (AvgIpc) is 3.29. The highest BCUT2D eigenvalue weighted by atomic mass is 16.5. The summed E-state index contributed by atoms with van der Waals surface area (Å²) in [6, 6.07) is 13.1. The van der Waals surface area contributed by atoms with Crippen LogP contribution in [0.2, 0.25) is 0 Å². The monoisotopic (exact) mass is 322 g/mol.